The predicted octanol–water partition coefficient (Wildman–Crippen LogP) is 8.37. The number of thioether (sulfide) groups is 1. The Morgan fingerprint density at radius 1 is 0.827 bits per heavy atom. The molecule has 3 N–H and O–H groups in total. The molecule has 0 radical (unpaired) electrons. The molecule has 1 unspecified atom stereocenters. The maximum atomic E-state index is 13.8. The first-order valence-electron chi connectivity index (χ1n) is 16.4. The smallest absolute Gasteiger partial charge is 0.272 e. The fourth-order valence-corrected chi connectivity index (χ4v) is 7.06. The lowest BCUT2D eigenvalue weighted by Crippen LogP contribution is -2.30. The minimum Gasteiger partial charge on any atom is -0.496 e. The van der Waals surface area contributed by atoms with Crippen LogP contribution in [0, 0.1) is 13.8 Å². The summed E-state index contributed by atoms with van der Waals surface area (Å²) in [4.78, 5) is 47.0. The predicted molar refractivity (Wildman–Crippen MR) is 209 cm³/mol. The zero-order valence-corrected chi connectivity index (χ0v) is 31.4. The van der Waals surface area contributed by atoms with Crippen LogP contribution in [-0.4, -0.2) is 49.3 Å². The van der Waals surface area contributed by atoms with E-state index in [1.54, 1.807) is 60.7 Å². The third kappa shape index (κ3) is 9.39. The average Bonchev–Trinajstić information content (AvgIpc) is 3.52. The summed E-state index contributed by atoms with van der Waals surface area (Å²) < 4.78 is 16.4. The molecule has 0 bridgehead atoms. The third-order valence-corrected chi connectivity index (χ3v) is 10.2. The van der Waals surface area contributed by atoms with Gasteiger partial charge < -0.3 is 30.2 Å². The van der Waals surface area contributed by atoms with E-state index in [4.69, 9.17) is 19.2 Å². The molecule has 0 saturated heterocycles. The van der Waals surface area contributed by atoms with E-state index in [-0.39, 0.29) is 11.6 Å². The van der Waals surface area contributed by atoms with Gasteiger partial charge in [0.1, 0.15) is 11.4 Å². The van der Waals surface area contributed by atoms with E-state index in [2.05, 4.69) is 16.0 Å². The van der Waals surface area contributed by atoms with Gasteiger partial charge in [-0.25, -0.2) is 4.98 Å². The molecule has 3 amide bonds. The summed E-state index contributed by atoms with van der Waals surface area (Å²) in [6.07, 6.45) is 2.07. The molecule has 0 aliphatic carbocycles. The maximum absolute atomic E-state index is 13.8. The number of thiazole rings is 1. The number of aromatic nitrogens is 1. The Bertz CT molecular complexity index is 2080. The molecule has 1 aromatic heterocycles. The molecule has 0 fully saturated rings. The fraction of sp³-hybridized carbons (Fsp3) is 0.200. The number of anilines is 2. The molecular formula is C40H40N4O6S2. The number of amides is 3. The number of nitrogens with zero attached hydrogens (tertiary/aromatic N) is 1. The molecule has 268 valence electrons. The lowest BCUT2D eigenvalue weighted by molar-refractivity contribution is -0.116. The van der Waals surface area contributed by atoms with Crippen molar-refractivity contribution in [2.45, 2.75) is 37.3 Å². The molecular weight excluding hydrogens is 697 g/mol. The Labute approximate surface area is 311 Å². The number of aryl methyl sites for hydroxylation is 2. The second kappa shape index (κ2) is 17.6. The Kier molecular flexibility index (Phi) is 12.7. The summed E-state index contributed by atoms with van der Waals surface area (Å²) >= 11 is 2.83. The number of carbonyl (C=O) groups excluding carboxylic acids is 3. The van der Waals surface area contributed by atoms with Crippen molar-refractivity contribution in [1.82, 2.24) is 10.3 Å². The van der Waals surface area contributed by atoms with Crippen molar-refractivity contribution in [3.8, 4) is 28.5 Å². The first-order valence-corrected chi connectivity index (χ1v) is 18.1. The first-order chi connectivity index (χ1) is 25.1. The Hall–Kier alpha value is -5.59. The van der Waals surface area contributed by atoms with Crippen LogP contribution in [0.2, 0.25) is 0 Å². The van der Waals surface area contributed by atoms with Crippen molar-refractivity contribution in [3.63, 3.8) is 0 Å². The number of nitrogens with one attached hydrogen (secondary N) is 3. The highest BCUT2D eigenvalue weighted by Crippen LogP contribution is 2.36. The Balaban J connectivity index is 1.35. The normalized spacial score (nSPS) is 11.7. The lowest BCUT2D eigenvalue weighted by Gasteiger charge is -2.16. The van der Waals surface area contributed by atoms with Gasteiger partial charge in [-0.3, -0.25) is 14.4 Å². The Morgan fingerprint density at radius 2 is 1.52 bits per heavy atom. The quantitative estimate of drug-likeness (QED) is 0.0767. The van der Waals surface area contributed by atoms with E-state index in [0.717, 1.165) is 21.0 Å². The van der Waals surface area contributed by atoms with Gasteiger partial charge in [0, 0.05) is 38.2 Å². The van der Waals surface area contributed by atoms with E-state index in [9.17, 15) is 14.4 Å². The highest BCUT2D eigenvalue weighted by atomic mass is 32.2. The molecule has 0 aliphatic heterocycles. The molecule has 5 rings (SSSR count). The Morgan fingerprint density at radius 3 is 2.19 bits per heavy atom. The van der Waals surface area contributed by atoms with E-state index < -0.39 is 17.1 Å². The SMILES string of the molecule is CCC(Sc1cccc(NC(=O)/C(=C\c2cc(OC)c(OC)cc2OC)NC(=O)c2ccccc2)c1)C(=O)Nc1nc(-c2ccc(C)cc2)c(C)s1. The summed E-state index contributed by atoms with van der Waals surface area (Å²) in [6.45, 7) is 5.98. The van der Waals surface area contributed by atoms with Crippen LogP contribution in [0.3, 0.4) is 0 Å². The van der Waals surface area contributed by atoms with Crippen molar-refractivity contribution in [1.29, 1.82) is 0 Å². The third-order valence-electron chi connectivity index (χ3n) is 7.95. The molecule has 0 spiro atoms. The summed E-state index contributed by atoms with van der Waals surface area (Å²) in [6, 6.07) is 27.2. The van der Waals surface area contributed by atoms with Crippen molar-refractivity contribution in [2.24, 2.45) is 0 Å². The molecule has 10 nitrogen and oxygen atoms in total. The second-order valence-electron chi connectivity index (χ2n) is 11.6. The van der Waals surface area contributed by atoms with Gasteiger partial charge in [-0.2, -0.15) is 0 Å². The minimum absolute atomic E-state index is 0.0352. The van der Waals surface area contributed by atoms with Gasteiger partial charge in [0.05, 0.1) is 32.3 Å². The molecule has 12 heteroatoms. The van der Waals surface area contributed by atoms with Gasteiger partial charge in [-0.1, -0.05) is 61.0 Å². The molecule has 0 aliphatic rings. The molecule has 5 aromatic rings. The number of carbonyl (C=O) groups is 3. The first kappa shape index (κ1) is 37.7. The lowest BCUT2D eigenvalue weighted by atomic mass is 10.1. The van der Waals surface area contributed by atoms with Crippen molar-refractivity contribution >= 4 is 57.7 Å². The van der Waals surface area contributed by atoms with E-state index in [1.807, 2.05) is 51.1 Å². The monoisotopic (exact) mass is 736 g/mol. The van der Waals surface area contributed by atoms with Crippen LogP contribution in [0.5, 0.6) is 17.2 Å². The summed E-state index contributed by atoms with van der Waals surface area (Å²) in [5.74, 6) is 0.0560. The van der Waals surface area contributed by atoms with E-state index >= 15 is 0 Å². The van der Waals surface area contributed by atoms with Gasteiger partial charge >= 0.3 is 0 Å². The summed E-state index contributed by atoms with van der Waals surface area (Å²) in [5.41, 5.74) is 4.31. The number of ether oxygens (including phenoxy) is 3. The topological polar surface area (TPSA) is 128 Å². The zero-order chi connectivity index (χ0) is 37.2. The van der Waals surface area contributed by atoms with Gasteiger partial charge in [0.15, 0.2) is 16.6 Å². The maximum Gasteiger partial charge on any atom is 0.272 e. The minimum atomic E-state index is -0.573. The van der Waals surface area contributed by atoms with E-state index in [0.29, 0.717) is 45.6 Å². The summed E-state index contributed by atoms with van der Waals surface area (Å²) in [7, 11) is 4.51. The molecule has 0 saturated carbocycles. The average molecular weight is 737 g/mol. The fourth-order valence-electron chi connectivity index (χ4n) is 5.21. The van der Waals surface area contributed by atoms with Crippen molar-refractivity contribution in [2.75, 3.05) is 32.0 Å². The standard InChI is InChI=1S/C40H40N4O6S2/c1-7-35(39(47)44-40-43-36(25(3)51-40)26-18-16-24(2)17-19-26)52-30-15-11-14-29(22-30)41-38(46)31(42-37(45)27-12-9-8-10-13-27)20-28-21-33(49-5)34(50-6)23-32(28)48-4/h8-23,35H,7H2,1-6H3,(H,41,46)(H,42,45)(H,43,44,47)/b31-20+. The molecule has 52 heavy (non-hydrogen) atoms. The van der Waals surface area contributed by atoms with Gasteiger partial charge in [-0.05, 0) is 62.7 Å². The van der Waals surface area contributed by atoms with Crippen LogP contribution >= 0.6 is 23.1 Å². The van der Waals surface area contributed by atoms with Gasteiger partial charge in [0.25, 0.3) is 11.8 Å². The second-order valence-corrected chi connectivity index (χ2v) is 14.1. The number of hydrogen-bond acceptors (Lipinski definition) is 9. The van der Waals surface area contributed by atoms with Crippen LogP contribution in [0.4, 0.5) is 10.8 Å². The molecule has 1 atom stereocenters. The highest BCUT2D eigenvalue weighted by molar-refractivity contribution is 8.00. The highest BCUT2D eigenvalue weighted by Gasteiger charge is 2.22. The van der Waals surface area contributed by atoms with E-state index in [1.165, 1.54) is 56.1 Å². The van der Waals surface area contributed by atoms with Crippen LogP contribution in [0.15, 0.2) is 102 Å². The van der Waals surface area contributed by atoms with Crippen LogP contribution in [-0.2, 0) is 9.59 Å². The largest absolute Gasteiger partial charge is 0.496 e. The van der Waals surface area contributed by atoms with Gasteiger partial charge in [0.2, 0.25) is 5.91 Å². The van der Waals surface area contributed by atoms with Crippen molar-refractivity contribution < 1.29 is 28.6 Å². The zero-order valence-electron chi connectivity index (χ0n) is 29.7. The number of hydrogen-bond donors (Lipinski definition) is 3. The van der Waals surface area contributed by atoms with Crippen LogP contribution in [0.25, 0.3) is 17.3 Å². The van der Waals surface area contributed by atoms with Crippen LogP contribution < -0.4 is 30.2 Å². The molecule has 4 aromatic carbocycles. The number of methoxy groups -OCH3 is 3. The number of rotatable bonds is 14. The number of benzene rings is 4. The van der Waals surface area contributed by atoms with Gasteiger partial charge in [-0.15, -0.1) is 23.1 Å². The molecule has 1 heterocycles. The summed E-state index contributed by atoms with van der Waals surface area (Å²) in [5, 5.41) is 8.77. The van der Waals surface area contributed by atoms with Crippen molar-refractivity contribution in [3.05, 3.63) is 118 Å². The van der Waals surface area contributed by atoms with Crippen LogP contribution in [0.1, 0.15) is 39.7 Å².